The van der Waals surface area contributed by atoms with E-state index in [1.165, 1.54) is 12.3 Å². The Morgan fingerprint density at radius 2 is 1.76 bits per heavy atom. The van der Waals surface area contributed by atoms with Gasteiger partial charge in [0.1, 0.15) is 5.76 Å². The maximum Gasteiger partial charge on any atom is 0.239 e. The van der Waals surface area contributed by atoms with Crippen molar-refractivity contribution in [1.29, 1.82) is 0 Å². The summed E-state index contributed by atoms with van der Waals surface area (Å²) in [5, 5.41) is 4.29. The van der Waals surface area contributed by atoms with Crippen LogP contribution in [-0.2, 0) is 21.4 Å². The van der Waals surface area contributed by atoms with Crippen molar-refractivity contribution in [3.8, 4) is 0 Å². The van der Waals surface area contributed by atoms with Gasteiger partial charge in [-0.25, -0.2) is 8.42 Å². The lowest BCUT2D eigenvalue weighted by atomic mass is 10.2. The van der Waals surface area contributed by atoms with Crippen LogP contribution in [0.25, 0.3) is 6.08 Å². The molecule has 29 heavy (non-hydrogen) atoms. The van der Waals surface area contributed by atoms with E-state index in [1.807, 2.05) is 18.2 Å². The zero-order valence-corrected chi connectivity index (χ0v) is 16.9. The molecule has 0 fully saturated rings. The average molecular weight is 431 g/mol. The summed E-state index contributed by atoms with van der Waals surface area (Å²) in [6.07, 6.45) is 2.94. The Hall–Kier alpha value is -2.87. The van der Waals surface area contributed by atoms with Gasteiger partial charge in [-0.3, -0.25) is 4.79 Å². The van der Waals surface area contributed by atoms with Crippen LogP contribution < -0.4 is 5.32 Å². The van der Waals surface area contributed by atoms with Gasteiger partial charge in [-0.1, -0.05) is 41.9 Å². The van der Waals surface area contributed by atoms with Gasteiger partial charge in [0.2, 0.25) is 15.9 Å². The smallest absolute Gasteiger partial charge is 0.239 e. The zero-order chi connectivity index (χ0) is 20.7. The summed E-state index contributed by atoms with van der Waals surface area (Å²) in [6.45, 7) is -0.437. The van der Waals surface area contributed by atoms with Crippen LogP contribution in [0.5, 0.6) is 0 Å². The quantitative estimate of drug-likeness (QED) is 0.575. The Balaban J connectivity index is 1.77. The molecule has 1 heterocycles. The number of nitrogens with zero attached hydrogens (tertiary/aromatic N) is 1. The number of amides is 1. The fourth-order valence-electron chi connectivity index (χ4n) is 2.52. The molecule has 8 heteroatoms. The first-order valence-corrected chi connectivity index (χ1v) is 10.6. The van der Waals surface area contributed by atoms with E-state index in [0.717, 1.165) is 15.3 Å². The van der Waals surface area contributed by atoms with Crippen molar-refractivity contribution in [2.24, 2.45) is 0 Å². The van der Waals surface area contributed by atoms with E-state index in [-0.39, 0.29) is 13.1 Å². The van der Waals surface area contributed by atoms with Crippen LogP contribution in [0, 0.1) is 0 Å². The van der Waals surface area contributed by atoms with E-state index >= 15 is 0 Å². The minimum atomic E-state index is -3.88. The molecule has 6 nitrogen and oxygen atoms in total. The highest BCUT2D eigenvalue weighted by molar-refractivity contribution is 7.92. The van der Waals surface area contributed by atoms with Crippen molar-refractivity contribution in [1.82, 2.24) is 4.31 Å². The van der Waals surface area contributed by atoms with E-state index in [1.54, 1.807) is 48.5 Å². The molecule has 1 amide bonds. The van der Waals surface area contributed by atoms with Gasteiger partial charge in [0.05, 0.1) is 19.4 Å². The first-order chi connectivity index (χ1) is 13.9. The Labute approximate surface area is 174 Å². The third kappa shape index (κ3) is 6.32. The van der Waals surface area contributed by atoms with E-state index in [4.69, 9.17) is 16.0 Å². The largest absolute Gasteiger partial charge is 0.468 e. The summed E-state index contributed by atoms with van der Waals surface area (Å²) in [4.78, 5) is 12.5. The predicted molar refractivity (Wildman–Crippen MR) is 114 cm³/mol. The summed E-state index contributed by atoms with van der Waals surface area (Å²) in [6, 6.07) is 18.9. The molecule has 150 valence electrons. The standard InChI is InChI=1S/C21H19ClN2O4S/c22-18-8-10-19(11-9-18)23-21(25)16-24(15-20-7-4-13-28-20)29(26,27)14-12-17-5-2-1-3-6-17/h1-14H,15-16H2,(H,23,25)/b14-12+. The fraction of sp³-hybridized carbons (Fsp3) is 0.0952. The highest BCUT2D eigenvalue weighted by atomic mass is 35.5. The molecule has 0 aliphatic carbocycles. The van der Waals surface area contributed by atoms with E-state index in [9.17, 15) is 13.2 Å². The van der Waals surface area contributed by atoms with Crippen LogP contribution in [0.4, 0.5) is 5.69 Å². The molecule has 1 aromatic heterocycles. The molecule has 0 spiro atoms. The van der Waals surface area contributed by atoms with E-state index in [0.29, 0.717) is 16.5 Å². The third-order valence-electron chi connectivity index (χ3n) is 3.95. The van der Waals surface area contributed by atoms with Gasteiger partial charge >= 0.3 is 0 Å². The van der Waals surface area contributed by atoms with E-state index in [2.05, 4.69) is 5.32 Å². The predicted octanol–water partition coefficient (Wildman–Crippen LogP) is 4.37. The molecule has 0 atom stereocenters. The van der Waals surface area contributed by atoms with Crippen molar-refractivity contribution < 1.29 is 17.6 Å². The first kappa shape index (κ1) is 20.9. The van der Waals surface area contributed by atoms with Crippen LogP contribution in [0.15, 0.2) is 82.8 Å². The van der Waals surface area contributed by atoms with Crippen LogP contribution in [0.1, 0.15) is 11.3 Å². The van der Waals surface area contributed by atoms with Gasteiger partial charge < -0.3 is 9.73 Å². The molecule has 0 radical (unpaired) electrons. The molecule has 1 N–H and O–H groups in total. The molecule has 0 unspecified atom stereocenters. The number of carbonyl (C=O) groups is 1. The normalized spacial score (nSPS) is 11.8. The van der Waals surface area contributed by atoms with Crippen molar-refractivity contribution in [2.75, 3.05) is 11.9 Å². The lowest BCUT2D eigenvalue weighted by Gasteiger charge is -2.19. The Bertz CT molecular complexity index is 1060. The Morgan fingerprint density at radius 1 is 1.03 bits per heavy atom. The summed E-state index contributed by atoms with van der Waals surface area (Å²) >= 11 is 5.84. The highest BCUT2D eigenvalue weighted by Gasteiger charge is 2.23. The van der Waals surface area contributed by atoms with E-state index < -0.39 is 15.9 Å². The van der Waals surface area contributed by atoms with Gasteiger partial charge in [-0.05, 0) is 48.0 Å². The fourth-order valence-corrected chi connectivity index (χ4v) is 3.75. The Morgan fingerprint density at radius 3 is 2.41 bits per heavy atom. The topological polar surface area (TPSA) is 79.6 Å². The molecule has 0 aliphatic heterocycles. The molecule has 2 aromatic carbocycles. The second kappa shape index (κ2) is 9.56. The van der Waals surface area contributed by atoms with Crippen LogP contribution in [-0.4, -0.2) is 25.2 Å². The molecule has 3 rings (SSSR count). The van der Waals surface area contributed by atoms with Crippen molar-refractivity contribution in [3.05, 3.63) is 94.7 Å². The third-order valence-corrected chi connectivity index (χ3v) is 5.66. The maximum absolute atomic E-state index is 12.9. The monoisotopic (exact) mass is 430 g/mol. The summed E-state index contributed by atoms with van der Waals surface area (Å²) < 4.78 is 32.0. The zero-order valence-electron chi connectivity index (χ0n) is 15.4. The first-order valence-electron chi connectivity index (χ1n) is 8.73. The number of nitrogens with one attached hydrogen (secondary N) is 1. The second-order valence-electron chi connectivity index (χ2n) is 6.16. The number of halogens is 1. The molecule has 0 aliphatic rings. The van der Waals surface area contributed by atoms with Crippen LogP contribution in [0.3, 0.4) is 0 Å². The minimum Gasteiger partial charge on any atom is -0.468 e. The number of rotatable bonds is 8. The maximum atomic E-state index is 12.9. The van der Waals surface area contributed by atoms with Crippen LogP contribution >= 0.6 is 11.6 Å². The summed E-state index contributed by atoms with van der Waals surface area (Å²) in [5.74, 6) is -0.0449. The van der Waals surface area contributed by atoms with Crippen LogP contribution in [0.2, 0.25) is 5.02 Å². The van der Waals surface area contributed by atoms with Gasteiger partial charge in [-0.15, -0.1) is 0 Å². The van der Waals surface area contributed by atoms with Gasteiger partial charge in [0, 0.05) is 16.1 Å². The number of furan rings is 1. The number of hydrogen-bond donors (Lipinski definition) is 1. The van der Waals surface area contributed by atoms with Gasteiger partial charge in [0.15, 0.2) is 0 Å². The van der Waals surface area contributed by atoms with Crippen molar-refractivity contribution in [3.63, 3.8) is 0 Å². The number of benzene rings is 2. The number of carbonyl (C=O) groups excluding carboxylic acids is 1. The van der Waals surface area contributed by atoms with Gasteiger partial charge in [-0.2, -0.15) is 4.31 Å². The lowest BCUT2D eigenvalue weighted by molar-refractivity contribution is -0.116. The number of sulfonamides is 1. The Kier molecular flexibility index (Phi) is 6.87. The van der Waals surface area contributed by atoms with Crippen molar-refractivity contribution >= 4 is 39.3 Å². The second-order valence-corrected chi connectivity index (χ2v) is 8.42. The summed E-state index contributed by atoms with van der Waals surface area (Å²) in [7, 11) is -3.88. The SMILES string of the molecule is O=C(CN(Cc1ccco1)S(=O)(=O)/C=C/c1ccccc1)Nc1ccc(Cl)cc1. The molecular weight excluding hydrogens is 412 g/mol. The number of anilines is 1. The molecule has 0 saturated heterocycles. The molecule has 0 saturated carbocycles. The lowest BCUT2D eigenvalue weighted by Crippen LogP contribution is -2.36. The average Bonchev–Trinajstić information content (AvgIpc) is 3.22. The molecular formula is C21H19ClN2O4S. The summed E-state index contributed by atoms with van der Waals surface area (Å²) in [5.41, 5.74) is 1.26. The molecule has 0 bridgehead atoms. The highest BCUT2D eigenvalue weighted by Crippen LogP contribution is 2.16. The number of hydrogen-bond acceptors (Lipinski definition) is 4. The minimum absolute atomic E-state index is 0.0670. The molecule has 3 aromatic rings. The van der Waals surface area contributed by atoms with Crippen molar-refractivity contribution in [2.45, 2.75) is 6.54 Å². The van der Waals surface area contributed by atoms with Gasteiger partial charge in [0.25, 0.3) is 0 Å².